The van der Waals surface area contributed by atoms with Crippen LogP contribution in [-0.4, -0.2) is 41.1 Å². The molecule has 1 amide bonds. The summed E-state index contributed by atoms with van der Waals surface area (Å²) in [5.74, 6) is 0.743. The molecule has 2 atom stereocenters. The Morgan fingerprint density at radius 2 is 1.94 bits per heavy atom. The van der Waals surface area contributed by atoms with Crippen LogP contribution < -0.4 is 5.73 Å². The normalized spacial score (nSPS) is 35.9. The fourth-order valence-electron chi connectivity index (χ4n) is 3.01. The van der Waals surface area contributed by atoms with Crippen LogP contribution in [0.25, 0.3) is 0 Å². The van der Waals surface area contributed by atoms with Gasteiger partial charge >= 0.3 is 0 Å². The highest BCUT2D eigenvalue weighted by Gasteiger charge is 2.33. The molecule has 0 radical (unpaired) electrons. The van der Waals surface area contributed by atoms with Crippen molar-refractivity contribution in [2.75, 3.05) is 13.1 Å². The van der Waals surface area contributed by atoms with Crippen LogP contribution in [0.1, 0.15) is 39.0 Å². The third-order valence-corrected chi connectivity index (χ3v) is 4.34. The number of hydrogen-bond donors (Lipinski definition) is 2. The van der Waals surface area contributed by atoms with E-state index >= 15 is 0 Å². The minimum atomic E-state index is -0.299. The second-order valence-corrected chi connectivity index (χ2v) is 5.69. The third-order valence-electron chi connectivity index (χ3n) is 4.34. The lowest BCUT2D eigenvalue weighted by atomic mass is 9.85. The maximum absolute atomic E-state index is 12.3. The van der Waals surface area contributed by atoms with Gasteiger partial charge in [-0.15, -0.1) is 0 Å². The molecule has 1 aliphatic heterocycles. The van der Waals surface area contributed by atoms with Crippen LogP contribution in [0.2, 0.25) is 0 Å². The molecule has 0 aromatic rings. The minimum absolute atomic E-state index is 0.183. The van der Waals surface area contributed by atoms with E-state index in [9.17, 15) is 9.90 Å². The van der Waals surface area contributed by atoms with Gasteiger partial charge in [0.1, 0.15) is 0 Å². The highest BCUT2D eigenvalue weighted by atomic mass is 16.3. The van der Waals surface area contributed by atoms with Crippen molar-refractivity contribution in [2.24, 2.45) is 17.6 Å². The number of carbonyl (C=O) groups excluding carboxylic acids is 1. The number of nitrogens with two attached hydrogens (primary N) is 1. The van der Waals surface area contributed by atoms with Gasteiger partial charge in [-0.3, -0.25) is 4.79 Å². The van der Waals surface area contributed by atoms with E-state index in [2.05, 4.69) is 0 Å². The standard InChI is InChI=1S/C13H24N2O2/c1-9(16)11-6-7-15(8-11)13(17)10-2-4-12(14)5-3-10/h9-12,16H,2-8,14H2,1H3. The summed E-state index contributed by atoms with van der Waals surface area (Å²) in [6, 6.07) is 0.294. The van der Waals surface area contributed by atoms with E-state index < -0.39 is 0 Å². The van der Waals surface area contributed by atoms with Crippen LogP contribution in [-0.2, 0) is 4.79 Å². The first-order chi connectivity index (χ1) is 8.08. The summed E-state index contributed by atoms with van der Waals surface area (Å²) in [7, 11) is 0. The Balaban J connectivity index is 1.84. The summed E-state index contributed by atoms with van der Waals surface area (Å²) in [5, 5.41) is 9.54. The van der Waals surface area contributed by atoms with Gasteiger partial charge < -0.3 is 15.7 Å². The van der Waals surface area contributed by atoms with E-state index in [0.29, 0.717) is 11.9 Å². The van der Waals surface area contributed by atoms with E-state index in [1.165, 1.54) is 0 Å². The summed E-state index contributed by atoms with van der Waals surface area (Å²) in [4.78, 5) is 14.2. The number of rotatable bonds is 2. The van der Waals surface area contributed by atoms with Crippen LogP contribution in [0.4, 0.5) is 0 Å². The van der Waals surface area contributed by atoms with E-state index in [-0.39, 0.29) is 17.9 Å². The lowest BCUT2D eigenvalue weighted by Gasteiger charge is -2.29. The van der Waals surface area contributed by atoms with Gasteiger partial charge in [0.15, 0.2) is 0 Å². The topological polar surface area (TPSA) is 66.6 Å². The van der Waals surface area contributed by atoms with Crippen molar-refractivity contribution in [1.82, 2.24) is 4.90 Å². The second kappa shape index (κ2) is 5.36. The first kappa shape index (κ1) is 12.8. The van der Waals surface area contributed by atoms with Crippen LogP contribution in [0.15, 0.2) is 0 Å². The monoisotopic (exact) mass is 240 g/mol. The average Bonchev–Trinajstić information content (AvgIpc) is 2.78. The van der Waals surface area contributed by atoms with Crippen molar-refractivity contribution >= 4 is 5.91 Å². The van der Waals surface area contributed by atoms with Gasteiger partial charge in [-0.2, -0.15) is 0 Å². The van der Waals surface area contributed by atoms with Crippen LogP contribution in [0.5, 0.6) is 0 Å². The summed E-state index contributed by atoms with van der Waals surface area (Å²) < 4.78 is 0. The molecule has 2 unspecified atom stereocenters. The Bertz CT molecular complexity index is 273. The fourth-order valence-corrected chi connectivity index (χ4v) is 3.01. The number of aliphatic hydroxyl groups excluding tert-OH is 1. The lowest BCUT2D eigenvalue weighted by Crippen LogP contribution is -2.38. The zero-order valence-corrected chi connectivity index (χ0v) is 10.6. The number of likely N-dealkylation sites (tertiary alicyclic amines) is 1. The second-order valence-electron chi connectivity index (χ2n) is 5.69. The van der Waals surface area contributed by atoms with Crippen LogP contribution in [0, 0.1) is 11.8 Å². The fraction of sp³-hybridized carbons (Fsp3) is 0.923. The molecule has 17 heavy (non-hydrogen) atoms. The van der Waals surface area contributed by atoms with Gasteiger partial charge in [-0.05, 0) is 39.0 Å². The zero-order valence-electron chi connectivity index (χ0n) is 10.6. The van der Waals surface area contributed by atoms with Crippen molar-refractivity contribution in [3.8, 4) is 0 Å². The van der Waals surface area contributed by atoms with E-state index in [1.54, 1.807) is 0 Å². The molecule has 1 saturated carbocycles. The molecule has 3 N–H and O–H groups in total. The minimum Gasteiger partial charge on any atom is -0.393 e. The Kier molecular flexibility index (Phi) is 4.05. The molecule has 2 fully saturated rings. The lowest BCUT2D eigenvalue weighted by molar-refractivity contribution is -0.135. The summed E-state index contributed by atoms with van der Waals surface area (Å²) in [5.41, 5.74) is 5.85. The molecule has 98 valence electrons. The molecule has 1 saturated heterocycles. The first-order valence-corrected chi connectivity index (χ1v) is 6.80. The number of aliphatic hydroxyl groups is 1. The van der Waals surface area contributed by atoms with Crippen LogP contribution in [0.3, 0.4) is 0 Å². The van der Waals surface area contributed by atoms with Gasteiger partial charge in [-0.1, -0.05) is 0 Å². The van der Waals surface area contributed by atoms with Crippen LogP contribution >= 0.6 is 0 Å². The molecule has 0 aromatic carbocycles. The SMILES string of the molecule is CC(O)C1CCN(C(=O)C2CCC(N)CC2)C1. The predicted octanol–water partition coefficient (Wildman–Crippen LogP) is 0.733. The largest absolute Gasteiger partial charge is 0.393 e. The summed E-state index contributed by atoms with van der Waals surface area (Å²) in [6.45, 7) is 3.37. The van der Waals surface area contributed by atoms with Gasteiger partial charge in [0.2, 0.25) is 5.91 Å². The molecule has 2 aliphatic rings. The average molecular weight is 240 g/mol. The molecule has 0 aromatic heterocycles. The number of carbonyl (C=O) groups is 1. The number of amides is 1. The molecule has 0 spiro atoms. The molecule has 1 aliphatic carbocycles. The Morgan fingerprint density at radius 1 is 1.29 bits per heavy atom. The molecule has 4 heteroatoms. The molecular weight excluding hydrogens is 216 g/mol. The zero-order chi connectivity index (χ0) is 12.4. The maximum Gasteiger partial charge on any atom is 0.225 e. The summed E-state index contributed by atoms with van der Waals surface area (Å²) in [6.07, 6.45) is 4.47. The maximum atomic E-state index is 12.3. The van der Waals surface area contributed by atoms with Gasteiger partial charge in [-0.25, -0.2) is 0 Å². The highest BCUT2D eigenvalue weighted by Crippen LogP contribution is 2.28. The molecule has 1 heterocycles. The Morgan fingerprint density at radius 3 is 2.47 bits per heavy atom. The molecule has 0 bridgehead atoms. The summed E-state index contributed by atoms with van der Waals surface area (Å²) >= 11 is 0. The van der Waals surface area contributed by atoms with Crippen molar-refractivity contribution in [2.45, 2.75) is 51.2 Å². The highest BCUT2D eigenvalue weighted by molar-refractivity contribution is 5.79. The van der Waals surface area contributed by atoms with Crippen molar-refractivity contribution < 1.29 is 9.90 Å². The van der Waals surface area contributed by atoms with Gasteiger partial charge in [0.05, 0.1) is 6.10 Å². The molecular formula is C13H24N2O2. The molecule has 4 nitrogen and oxygen atoms in total. The van der Waals surface area contributed by atoms with Gasteiger partial charge in [0, 0.05) is 31.0 Å². The predicted molar refractivity (Wildman–Crippen MR) is 66.3 cm³/mol. The third kappa shape index (κ3) is 2.99. The Labute approximate surface area is 103 Å². The number of nitrogens with zero attached hydrogens (tertiary/aromatic N) is 1. The van der Waals surface area contributed by atoms with Crippen molar-refractivity contribution in [3.63, 3.8) is 0 Å². The van der Waals surface area contributed by atoms with Crippen molar-refractivity contribution in [3.05, 3.63) is 0 Å². The molecule has 2 rings (SSSR count). The van der Waals surface area contributed by atoms with E-state index in [1.807, 2.05) is 11.8 Å². The van der Waals surface area contributed by atoms with E-state index in [4.69, 9.17) is 5.73 Å². The quantitative estimate of drug-likeness (QED) is 0.748. The van der Waals surface area contributed by atoms with E-state index in [0.717, 1.165) is 45.2 Å². The first-order valence-electron chi connectivity index (χ1n) is 6.80. The Hall–Kier alpha value is -0.610. The van der Waals surface area contributed by atoms with Crippen molar-refractivity contribution in [1.29, 1.82) is 0 Å². The van der Waals surface area contributed by atoms with Gasteiger partial charge in [0.25, 0.3) is 0 Å². The smallest absolute Gasteiger partial charge is 0.225 e. The number of hydrogen-bond acceptors (Lipinski definition) is 3.